The number of carbonyl (C=O) groups excluding carboxylic acids is 2. The van der Waals surface area contributed by atoms with Crippen molar-refractivity contribution in [1.82, 2.24) is 0 Å². The van der Waals surface area contributed by atoms with E-state index in [0.29, 0.717) is 12.0 Å². The van der Waals surface area contributed by atoms with Crippen LogP contribution in [0.3, 0.4) is 0 Å². The largest absolute Gasteiger partial charge is 0.459 e. The lowest BCUT2D eigenvalue weighted by Crippen LogP contribution is -2.32. The summed E-state index contributed by atoms with van der Waals surface area (Å²) >= 11 is 0. The number of halogens is 1. The lowest BCUT2D eigenvalue weighted by atomic mass is 9.97. The van der Waals surface area contributed by atoms with Gasteiger partial charge in [-0.25, -0.2) is 9.18 Å². The van der Waals surface area contributed by atoms with Gasteiger partial charge in [-0.05, 0) is 58.2 Å². The molecular formula is C23H27FO5. The number of hydrogen-bond acceptors (Lipinski definition) is 5. The summed E-state index contributed by atoms with van der Waals surface area (Å²) in [6, 6.07) is 3.83. The molecule has 156 valence electrons. The van der Waals surface area contributed by atoms with Crippen LogP contribution in [0.4, 0.5) is 4.39 Å². The molecule has 0 N–H and O–H groups in total. The van der Waals surface area contributed by atoms with E-state index in [1.54, 1.807) is 20.8 Å². The van der Waals surface area contributed by atoms with Crippen molar-refractivity contribution in [2.75, 3.05) is 0 Å². The summed E-state index contributed by atoms with van der Waals surface area (Å²) < 4.78 is 31.5. The van der Waals surface area contributed by atoms with Crippen LogP contribution in [0.25, 0.3) is 6.08 Å². The van der Waals surface area contributed by atoms with E-state index in [-0.39, 0.29) is 6.42 Å². The van der Waals surface area contributed by atoms with E-state index in [2.05, 4.69) is 0 Å². The van der Waals surface area contributed by atoms with Crippen LogP contribution in [0, 0.1) is 13.8 Å². The quantitative estimate of drug-likeness (QED) is 0.594. The van der Waals surface area contributed by atoms with Crippen molar-refractivity contribution in [1.29, 1.82) is 0 Å². The molecule has 2 unspecified atom stereocenters. The molecule has 0 aliphatic carbocycles. The van der Waals surface area contributed by atoms with Gasteiger partial charge in [-0.2, -0.15) is 0 Å². The molecule has 0 radical (unpaired) electrons. The Morgan fingerprint density at radius 2 is 1.83 bits per heavy atom. The number of fused-ring (bicyclic) bond motifs is 2. The maximum Gasteiger partial charge on any atom is 0.339 e. The number of ketones is 1. The summed E-state index contributed by atoms with van der Waals surface area (Å²) in [6.07, 6.45) is 2.98. The first-order valence-corrected chi connectivity index (χ1v) is 9.81. The fourth-order valence-corrected chi connectivity index (χ4v) is 3.77. The fourth-order valence-electron chi connectivity index (χ4n) is 3.77. The number of ether oxygens (including phenoxy) is 3. The Labute approximate surface area is 170 Å². The van der Waals surface area contributed by atoms with Crippen molar-refractivity contribution in [2.45, 2.75) is 71.6 Å². The highest BCUT2D eigenvalue weighted by molar-refractivity contribution is 5.98. The first-order chi connectivity index (χ1) is 13.6. The molecular weight excluding hydrogens is 375 g/mol. The third kappa shape index (κ3) is 4.82. The minimum atomic E-state index is -1.02. The SMILES string of the molecule is Cc1cc(C)c2c(c1)/C=C/C[C@H]1OC(C)(C)OC1C(=O)/C(F)=C\CC(C)OC2=O. The monoisotopic (exact) mass is 402 g/mol. The third-order valence-electron chi connectivity index (χ3n) is 4.99. The summed E-state index contributed by atoms with van der Waals surface area (Å²) in [6.45, 7) is 8.88. The first kappa shape index (κ1) is 21.4. The Kier molecular flexibility index (Phi) is 6.05. The van der Waals surface area contributed by atoms with Gasteiger partial charge in [0.1, 0.15) is 6.10 Å². The van der Waals surface area contributed by atoms with Crippen molar-refractivity contribution in [2.24, 2.45) is 0 Å². The van der Waals surface area contributed by atoms with Crippen molar-refractivity contribution in [3.05, 3.63) is 52.4 Å². The average Bonchev–Trinajstić information content (AvgIpc) is 2.92. The lowest BCUT2D eigenvalue weighted by Gasteiger charge is -2.17. The molecule has 0 saturated carbocycles. The van der Waals surface area contributed by atoms with Gasteiger partial charge in [-0.1, -0.05) is 29.8 Å². The number of cyclic esters (lactones) is 1. The van der Waals surface area contributed by atoms with Crippen LogP contribution in [-0.4, -0.2) is 35.9 Å². The number of benzene rings is 1. The zero-order valence-corrected chi connectivity index (χ0v) is 17.5. The minimum absolute atomic E-state index is 0.0844. The van der Waals surface area contributed by atoms with Gasteiger partial charge in [-0.15, -0.1) is 0 Å². The van der Waals surface area contributed by atoms with E-state index in [4.69, 9.17) is 14.2 Å². The van der Waals surface area contributed by atoms with Gasteiger partial charge in [0, 0.05) is 6.42 Å². The molecule has 6 heteroatoms. The van der Waals surface area contributed by atoms with Crippen LogP contribution >= 0.6 is 0 Å². The predicted octanol–water partition coefficient (Wildman–Crippen LogP) is 4.60. The Balaban J connectivity index is 2.03. The number of rotatable bonds is 0. The van der Waals surface area contributed by atoms with Gasteiger partial charge < -0.3 is 14.2 Å². The second-order valence-electron chi connectivity index (χ2n) is 8.15. The molecule has 29 heavy (non-hydrogen) atoms. The second-order valence-corrected chi connectivity index (χ2v) is 8.15. The average molecular weight is 402 g/mol. The van der Waals surface area contributed by atoms with Crippen molar-refractivity contribution in [3.63, 3.8) is 0 Å². The van der Waals surface area contributed by atoms with Gasteiger partial charge in [0.15, 0.2) is 17.7 Å². The van der Waals surface area contributed by atoms with E-state index in [9.17, 15) is 14.0 Å². The van der Waals surface area contributed by atoms with Gasteiger partial charge >= 0.3 is 5.97 Å². The first-order valence-electron chi connectivity index (χ1n) is 9.81. The normalized spacial score (nSPS) is 30.4. The Bertz CT molecular complexity index is 883. The van der Waals surface area contributed by atoms with Crippen LogP contribution < -0.4 is 0 Å². The van der Waals surface area contributed by atoms with Crippen LogP contribution in [0.2, 0.25) is 0 Å². The molecule has 0 spiro atoms. The van der Waals surface area contributed by atoms with E-state index in [0.717, 1.165) is 22.8 Å². The van der Waals surface area contributed by atoms with Crippen molar-refractivity contribution in [3.8, 4) is 0 Å². The van der Waals surface area contributed by atoms with Crippen LogP contribution in [0.15, 0.2) is 30.1 Å². The highest BCUT2D eigenvalue weighted by Crippen LogP contribution is 2.33. The van der Waals surface area contributed by atoms with Gasteiger partial charge in [0.2, 0.25) is 5.78 Å². The van der Waals surface area contributed by atoms with Gasteiger partial charge in [0.05, 0.1) is 11.7 Å². The molecule has 1 fully saturated rings. The van der Waals surface area contributed by atoms with E-state index in [1.165, 1.54) is 0 Å². The summed E-state index contributed by atoms with van der Waals surface area (Å²) in [7, 11) is 0. The molecule has 0 bridgehead atoms. The van der Waals surface area contributed by atoms with E-state index >= 15 is 0 Å². The zero-order chi connectivity index (χ0) is 21.3. The van der Waals surface area contributed by atoms with Gasteiger partial charge in [-0.3, -0.25) is 4.79 Å². The van der Waals surface area contributed by atoms with Crippen molar-refractivity contribution < 1.29 is 28.2 Å². The summed E-state index contributed by atoms with van der Waals surface area (Å²) in [5.74, 6) is -3.11. The maximum absolute atomic E-state index is 14.5. The van der Waals surface area contributed by atoms with Crippen LogP contribution in [0.1, 0.15) is 60.7 Å². The Morgan fingerprint density at radius 3 is 2.55 bits per heavy atom. The highest BCUT2D eigenvalue weighted by Gasteiger charge is 2.45. The zero-order valence-electron chi connectivity index (χ0n) is 17.5. The van der Waals surface area contributed by atoms with Gasteiger partial charge in [0.25, 0.3) is 0 Å². The fraction of sp³-hybridized carbons (Fsp3) is 0.478. The van der Waals surface area contributed by atoms with E-state index in [1.807, 2.05) is 38.1 Å². The van der Waals surface area contributed by atoms with Crippen LogP contribution in [-0.2, 0) is 19.0 Å². The van der Waals surface area contributed by atoms with E-state index < -0.39 is 41.7 Å². The Morgan fingerprint density at radius 1 is 1.10 bits per heavy atom. The Hall–Kier alpha value is -2.31. The molecule has 1 aromatic rings. The molecule has 3 atom stereocenters. The molecule has 0 aromatic heterocycles. The third-order valence-corrected chi connectivity index (χ3v) is 4.99. The summed E-state index contributed by atoms with van der Waals surface area (Å²) in [5.41, 5.74) is 3.05. The summed E-state index contributed by atoms with van der Waals surface area (Å²) in [4.78, 5) is 25.3. The summed E-state index contributed by atoms with van der Waals surface area (Å²) in [5, 5.41) is 0. The molecule has 3 rings (SSSR count). The molecule has 5 nitrogen and oxygen atoms in total. The predicted molar refractivity (Wildman–Crippen MR) is 107 cm³/mol. The molecule has 0 amide bonds. The van der Waals surface area contributed by atoms with Crippen molar-refractivity contribution >= 4 is 17.8 Å². The second kappa shape index (κ2) is 8.20. The topological polar surface area (TPSA) is 61.8 Å². The lowest BCUT2D eigenvalue weighted by molar-refractivity contribution is -0.153. The number of esters is 1. The number of carbonyl (C=O) groups is 2. The minimum Gasteiger partial charge on any atom is -0.459 e. The molecule has 2 aliphatic rings. The number of Topliss-reactive ketones (excluding diaryl/α,β-unsaturated/α-hetero) is 1. The number of hydrogen-bond donors (Lipinski definition) is 0. The highest BCUT2D eigenvalue weighted by atomic mass is 19.1. The van der Waals surface area contributed by atoms with Crippen LogP contribution in [0.5, 0.6) is 0 Å². The maximum atomic E-state index is 14.5. The standard InChI is InChI=1S/C23H27FO5/c1-13-11-14(2)19-16(12-13)7-6-8-18-21(29-23(4,5)28-18)20(25)17(24)10-9-15(3)27-22(19)26/h6-7,10-12,15,18,21H,8-9H2,1-5H3/b7-6+,17-10+/t15?,18-,21?/m1/s1. The molecule has 1 aromatic carbocycles. The molecule has 1 saturated heterocycles. The molecule has 2 aliphatic heterocycles. The smallest absolute Gasteiger partial charge is 0.339 e. The molecule has 2 heterocycles. The number of aryl methyl sites for hydroxylation is 2.